The van der Waals surface area contributed by atoms with Gasteiger partial charge in [-0.15, -0.1) is 0 Å². The van der Waals surface area contributed by atoms with E-state index < -0.39 is 0 Å². The van der Waals surface area contributed by atoms with Gasteiger partial charge in [0.25, 0.3) is 0 Å². The molecule has 1 aromatic carbocycles. The summed E-state index contributed by atoms with van der Waals surface area (Å²) in [6.45, 7) is 5.19. The Morgan fingerprint density at radius 1 is 1.33 bits per heavy atom. The van der Waals surface area contributed by atoms with Gasteiger partial charge in [-0.05, 0) is 31.0 Å². The number of ether oxygens (including phenoxy) is 2. The van der Waals surface area contributed by atoms with Crippen molar-refractivity contribution in [2.24, 2.45) is 0 Å². The van der Waals surface area contributed by atoms with Crippen molar-refractivity contribution in [3.63, 3.8) is 0 Å². The van der Waals surface area contributed by atoms with Gasteiger partial charge in [-0.1, -0.05) is 13.0 Å². The summed E-state index contributed by atoms with van der Waals surface area (Å²) in [5.74, 6) is 0.583. The highest BCUT2D eigenvalue weighted by molar-refractivity contribution is 5.73. The van der Waals surface area contributed by atoms with Crippen LogP contribution in [0.5, 0.6) is 5.75 Å². The lowest BCUT2D eigenvalue weighted by molar-refractivity contribution is -0.142. The lowest BCUT2D eigenvalue weighted by atomic mass is 10.1. The van der Waals surface area contributed by atoms with Crippen molar-refractivity contribution in [2.75, 3.05) is 25.6 Å². The Kier molecular flexibility index (Phi) is 6.05. The third kappa shape index (κ3) is 4.28. The maximum absolute atomic E-state index is 11.4. The van der Waals surface area contributed by atoms with E-state index in [1.165, 1.54) is 0 Å². The zero-order chi connectivity index (χ0) is 13.4. The number of anilines is 1. The quantitative estimate of drug-likeness (QED) is 0.757. The molecule has 1 rings (SSSR count). The number of benzene rings is 1. The van der Waals surface area contributed by atoms with Crippen LogP contribution in [0.25, 0.3) is 0 Å². The predicted octanol–water partition coefficient (Wildman–Crippen LogP) is 2.62. The van der Waals surface area contributed by atoms with Gasteiger partial charge in [-0.3, -0.25) is 4.79 Å². The van der Waals surface area contributed by atoms with E-state index in [1.54, 1.807) is 14.0 Å². The van der Waals surface area contributed by atoms with Crippen LogP contribution in [0.2, 0.25) is 0 Å². The van der Waals surface area contributed by atoms with Gasteiger partial charge in [0.15, 0.2) is 0 Å². The topological polar surface area (TPSA) is 47.6 Å². The summed E-state index contributed by atoms with van der Waals surface area (Å²) < 4.78 is 10.2. The second kappa shape index (κ2) is 7.58. The summed E-state index contributed by atoms with van der Waals surface area (Å²) in [5.41, 5.74) is 1.84. The molecule has 100 valence electrons. The second-order valence-electron chi connectivity index (χ2n) is 3.94. The van der Waals surface area contributed by atoms with Gasteiger partial charge >= 0.3 is 5.97 Å². The van der Waals surface area contributed by atoms with E-state index in [4.69, 9.17) is 9.47 Å². The largest absolute Gasteiger partial charge is 0.495 e. The molecule has 4 nitrogen and oxygen atoms in total. The minimum Gasteiger partial charge on any atom is -0.495 e. The molecule has 0 saturated carbocycles. The van der Waals surface area contributed by atoms with Crippen LogP contribution in [0, 0.1) is 0 Å². The Morgan fingerprint density at radius 3 is 2.72 bits per heavy atom. The zero-order valence-electron chi connectivity index (χ0n) is 11.3. The molecule has 1 aromatic rings. The summed E-state index contributed by atoms with van der Waals surface area (Å²) in [7, 11) is 1.64. The van der Waals surface area contributed by atoms with Crippen LogP contribution >= 0.6 is 0 Å². The lowest BCUT2D eigenvalue weighted by Gasteiger charge is -2.12. The third-order valence-electron chi connectivity index (χ3n) is 2.48. The molecule has 0 heterocycles. The van der Waals surface area contributed by atoms with Crippen molar-refractivity contribution >= 4 is 11.7 Å². The molecular weight excluding hydrogens is 230 g/mol. The maximum atomic E-state index is 11.4. The Morgan fingerprint density at radius 2 is 2.11 bits per heavy atom. The van der Waals surface area contributed by atoms with Gasteiger partial charge in [0, 0.05) is 6.54 Å². The van der Waals surface area contributed by atoms with Gasteiger partial charge in [0.1, 0.15) is 5.75 Å². The fourth-order valence-corrected chi connectivity index (χ4v) is 1.64. The molecule has 0 radical (unpaired) electrons. The number of esters is 1. The van der Waals surface area contributed by atoms with Gasteiger partial charge in [0.05, 0.1) is 25.8 Å². The first-order valence-corrected chi connectivity index (χ1v) is 6.27. The van der Waals surface area contributed by atoms with Crippen LogP contribution in [0.15, 0.2) is 18.2 Å². The molecular formula is C14H21NO3. The number of rotatable bonds is 7. The number of carbonyl (C=O) groups is 1. The van der Waals surface area contributed by atoms with Crippen molar-refractivity contribution in [1.29, 1.82) is 0 Å². The molecule has 18 heavy (non-hydrogen) atoms. The fraction of sp³-hybridized carbons (Fsp3) is 0.500. The number of hydrogen-bond acceptors (Lipinski definition) is 4. The Balaban J connectivity index is 2.78. The summed E-state index contributed by atoms with van der Waals surface area (Å²) in [6.07, 6.45) is 1.32. The average Bonchev–Trinajstić information content (AvgIpc) is 2.36. The maximum Gasteiger partial charge on any atom is 0.310 e. The molecule has 1 N–H and O–H groups in total. The monoisotopic (exact) mass is 251 g/mol. The Hall–Kier alpha value is -1.71. The van der Waals surface area contributed by atoms with E-state index in [-0.39, 0.29) is 5.97 Å². The average molecular weight is 251 g/mol. The first-order chi connectivity index (χ1) is 8.71. The third-order valence-corrected chi connectivity index (χ3v) is 2.48. The molecule has 0 aliphatic carbocycles. The smallest absolute Gasteiger partial charge is 0.310 e. The van der Waals surface area contributed by atoms with Crippen LogP contribution in [-0.4, -0.2) is 26.2 Å². The van der Waals surface area contributed by atoms with E-state index in [9.17, 15) is 4.79 Å². The molecule has 0 aliphatic rings. The number of hydrogen-bond donors (Lipinski definition) is 1. The van der Waals surface area contributed by atoms with E-state index in [2.05, 4.69) is 12.2 Å². The number of nitrogens with one attached hydrogen (secondary N) is 1. The lowest BCUT2D eigenvalue weighted by Crippen LogP contribution is -2.08. The van der Waals surface area contributed by atoms with Crippen LogP contribution in [0.4, 0.5) is 5.69 Å². The van der Waals surface area contributed by atoms with E-state index in [0.29, 0.717) is 13.0 Å². The van der Waals surface area contributed by atoms with Crippen LogP contribution in [0.3, 0.4) is 0 Å². The zero-order valence-corrected chi connectivity index (χ0v) is 11.3. The molecule has 0 unspecified atom stereocenters. The minimum absolute atomic E-state index is 0.205. The SMILES string of the molecule is CCCNc1cc(CC(=O)OCC)ccc1OC. The molecule has 0 spiro atoms. The molecule has 4 heteroatoms. The van der Waals surface area contributed by atoms with E-state index in [1.807, 2.05) is 18.2 Å². The first-order valence-electron chi connectivity index (χ1n) is 6.27. The molecule has 0 amide bonds. The molecule has 0 fully saturated rings. The van der Waals surface area contributed by atoms with Gasteiger partial charge in [-0.2, -0.15) is 0 Å². The van der Waals surface area contributed by atoms with Crippen molar-refractivity contribution < 1.29 is 14.3 Å². The molecule has 0 aromatic heterocycles. The second-order valence-corrected chi connectivity index (χ2v) is 3.94. The highest BCUT2D eigenvalue weighted by atomic mass is 16.5. The van der Waals surface area contributed by atoms with E-state index >= 15 is 0 Å². The fourth-order valence-electron chi connectivity index (χ4n) is 1.64. The molecule has 0 atom stereocenters. The minimum atomic E-state index is -0.205. The highest BCUT2D eigenvalue weighted by Crippen LogP contribution is 2.25. The predicted molar refractivity (Wildman–Crippen MR) is 72.1 cm³/mol. The Bertz CT molecular complexity index is 391. The standard InChI is InChI=1S/C14H21NO3/c1-4-8-15-12-9-11(6-7-13(12)17-3)10-14(16)18-5-2/h6-7,9,15H,4-5,8,10H2,1-3H3. The summed E-state index contributed by atoms with van der Waals surface area (Å²) >= 11 is 0. The molecule has 0 aliphatic heterocycles. The van der Waals surface area contributed by atoms with Crippen molar-refractivity contribution in [2.45, 2.75) is 26.7 Å². The number of methoxy groups -OCH3 is 1. The van der Waals surface area contributed by atoms with Gasteiger partial charge in [-0.25, -0.2) is 0 Å². The van der Waals surface area contributed by atoms with Crippen LogP contribution in [0.1, 0.15) is 25.8 Å². The summed E-state index contributed by atoms with van der Waals surface area (Å²) in [6, 6.07) is 5.69. The molecule has 0 bridgehead atoms. The van der Waals surface area contributed by atoms with Crippen LogP contribution < -0.4 is 10.1 Å². The van der Waals surface area contributed by atoms with Crippen molar-refractivity contribution in [1.82, 2.24) is 0 Å². The van der Waals surface area contributed by atoms with Crippen molar-refractivity contribution in [3.05, 3.63) is 23.8 Å². The number of carbonyl (C=O) groups excluding carboxylic acids is 1. The normalized spacial score (nSPS) is 9.94. The summed E-state index contributed by atoms with van der Waals surface area (Å²) in [5, 5.41) is 3.28. The van der Waals surface area contributed by atoms with E-state index in [0.717, 1.165) is 30.0 Å². The molecule has 0 saturated heterocycles. The summed E-state index contributed by atoms with van der Waals surface area (Å²) in [4.78, 5) is 11.4. The van der Waals surface area contributed by atoms with Crippen LogP contribution in [-0.2, 0) is 16.0 Å². The Labute approximate surface area is 108 Å². The first kappa shape index (κ1) is 14.4. The van der Waals surface area contributed by atoms with Gasteiger partial charge < -0.3 is 14.8 Å². The van der Waals surface area contributed by atoms with Crippen molar-refractivity contribution in [3.8, 4) is 5.75 Å². The highest BCUT2D eigenvalue weighted by Gasteiger charge is 2.08. The van der Waals surface area contributed by atoms with Gasteiger partial charge in [0.2, 0.25) is 0 Å².